The fourth-order valence-electron chi connectivity index (χ4n) is 3.56. The SMILES string of the molecule is CCOC(=O)c1sc(NC(=O)CN2C(C)CCCC2C)c(C(=O)OCC)c1C.O=C(O)C(=O)O. The largest absolute Gasteiger partial charge is 0.473 e. The van der Waals surface area contributed by atoms with E-state index in [-0.39, 0.29) is 31.2 Å². The predicted octanol–water partition coefficient (Wildman–Crippen LogP) is 2.77. The first-order valence-corrected chi connectivity index (χ1v) is 11.7. The molecule has 0 aliphatic carbocycles. The van der Waals surface area contributed by atoms with Gasteiger partial charge in [-0.05, 0) is 53.0 Å². The molecule has 2 heterocycles. The van der Waals surface area contributed by atoms with Crippen LogP contribution in [0.5, 0.6) is 0 Å². The van der Waals surface area contributed by atoms with Crippen LogP contribution in [-0.4, -0.2) is 76.7 Å². The minimum Gasteiger partial charge on any atom is -0.473 e. The fraction of sp³-hybridized carbons (Fsp3) is 0.591. The van der Waals surface area contributed by atoms with E-state index in [9.17, 15) is 14.4 Å². The molecule has 0 saturated carbocycles. The quantitative estimate of drug-likeness (QED) is 0.375. The second-order valence-electron chi connectivity index (χ2n) is 7.66. The van der Waals surface area contributed by atoms with Crippen molar-refractivity contribution in [2.24, 2.45) is 0 Å². The van der Waals surface area contributed by atoms with E-state index in [1.54, 1.807) is 20.8 Å². The zero-order chi connectivity index (χ0) is 26.0. The molecule has 11 nitrogen and oxygen atoms in total. The minimum atomic E-state index is -1.82. The fourth-order valence-corrected chi connectivity index (χ4v) is 4.67. The first-order chi connectivity index (χ1) is 15.9. The third kappa shape index (κ3) is 8.10. The Morgan fingerprint density at radius 1 is 0.971 bits per heavy atom. The third-order valence-corrected chi connectivity index (χ3v) is 6.41. The molecule has 0 radical (unpaired) electrons. The monoisotopic (exact) mass is 500 g/mol. The number of ether oxygens (including phenoxy) is 2. The van der Waals surface area contributed by atoms with Gasteiger partial charge in [0.1, 0.15) is 9.88 Å². The lowest BCUT2D eigenvalue weighted by Gasteiger charge is -2.38. The Hall–Kier alpha value is -2.99. The van der Waals surface area contributed by atoms with Crippen molar-refractivity contribution in [1.82, 2.24) is 4.90 Å². The molecule has 1 fully saturated rings. The number of nitrogens with zero attached hydrogens (tertiary/aromatic N) is 1. The summed E-state index contributed by atoms with van der Waals surface area (Å²) in [5, 5.41) is 17.9. The molecule has 2 rings (SSSR count). The first-order valence-electron chi connectivity index (χ1n) is 10.9. The lowest BCUT2D eigenvalue weighted by Crippen LogP contribution is -2.47. The molecule has 1 aliphatic rings. The molecule has 3 N–H and O–H groups in total. The van der Waals surface area contributed by atoms with Crippen LogP contribution in [0.15, 0.2) is 0 Å². The van der Waals surface area contributed by atoms with Crippen LogP contribution >= 0.6 is 11.3 Å². The Morgan fingerprint density at radius 2 is 1.47 bits per heavy atom. The van der Waals surface area contributed by atoms with Gasteiger partial charge >= 0.3 is 23.9 Å². The molecule has 2 atom stereocenters. The van der Waals surface area contributed by atoms with Crippen molar-refractivity contribution in [3.05, 3.63) is 16.0 Å². The van der Waals surface area contributed by atoms with Crippen molar-refractivity contribution < 1.29 is 43.7 Å². The molecule has 1 aromatic heterocycles. The highest BCUT2D eigenvalue weighted by Gasteiger charge is 2.30. The molecule has 2 unspecified atom stereocenters. The summed E-state index contributed by atoms with van der Waals surface area (Å²) in [5.74, 6) is -4.91. The summed E-state index contributed by atoms with van der Waals surface area (Å²) >= 11 is 1.05. The number of carbonyl (C=O) groups is 5. The zero-order valence-corrected chi connectivity index (χ0v) is 20.8. The Balaban J connectivity index is 0.000000852. The van der Waals surface area contributed by atoms with Gasteiger partial charge in [0.15, 0.2) is 0 Å². The van der Waals surface area contributed by atoms with Gasteiger partial charge in [-0.3, -0.25) is 9.69 Å². The van der Waals surface area contributed by atoms with Crippen LogP contribution < -0.4 is 5.32 Å². The van der Waals surface area contributed by atoms with Gasteiger partial charge in [-0.2, -0.15) is 0 Å². The van der Waals surface area contributed by atoms with Crippen LogP contribution in [0.3, 0.4) is 0 Å². The number of thiophene rings is 1. The van der Waals surface area contributed by atoms with Crippen LogP contribution in [0.4, 0.5) is 5.00 Å². The molecule has 0 aromatic carbocycles. The number of carbonyl (C=O) groups excluding carboxylic acids is 3. The van der Waals surface area contributed by atoms with Crippen LogP contribution in [-0.2, 0) is 23.9 Å². The van der Waals surface area contributed by atoms with Crippen molar-refractivity contribution >= 4 is 46.1 Å². The topological polar surface area (TPSA) is 160 Å². The van der Waals surface area contributed by atoms with Gasteiger partial charge < -0.3 is 25.0 Å². The van der Waals surface area contributed by atoms with E-state index in [0.29, 0.717) is 27.5 Å². The van der Waals surface area contributed by atoms with Gasteiger partial charge in [0.2, 0.25) is 5.91 Å². The number of aliphatic carboxylic acids is 2. The second kappa shape index (κ2) is 13.7. The highest BCUT2D eigenvalue weighted by Crippen LogP contribution is 2.34. The highest BCUT2D eigenvalue weighted by molar-refractivity contribution is 7.18. The van der Waals surface area contributed by atoms with E-state index in [1.807, 2.05) is 0 Å². The maximum absolute atomic E-state index is 12.7. The summed E-state index contributed by atoms with van der Waals surface area (Å²) < 4.78 is 10.2. The molecule has 1 amide bonds. The average molecular weight is 501 g/mol. The molecular weight excluding hydrogens is 468 g/mol. The Labute approximate surface area is 202 Å². The van der Waals surface area contributed by atoms with E-state index in [1.165, 1.54) is 6.42 Å². The van der Waals surface area contributed by atoms with Crippen molar-refractivity contribution in [3.63, 3.8) is 0 Å². The zero-order valence-electron chi connectivity index (χ0n) is 20.0. The Kier molecular flexibility index (Phi) is 11.7. The van der Waals surface area contributed by atoms with Gasteiger partial charge in [-0.15, -0.1) is 11.3 Å². The first kappa shape index (κ1) is 29.0. The van der Waals surface area contributed by atoms with Crippen molar-refractivity contribution in [2.75, 3.05) is 25.1 Å². The Bertz CT molecular complexity index is 890. The van der Waals surface area contributed by atoms with E-state index in [2.05, 4.69) is 24.1 Å². The molecular formula is C22H32N2O9S. The van der Waals surface area contributed by atoms with E-state index in [4.69, 9.17) is 29.3 Å². The smallest absolute Gasteiger partial charge is 0.414 e. The number of piperidine rings is 1. The van der Waals surface area contributed by atoms with E-state index in [0.717, 1.165) is 24.2 Å². The summed E-state index contributed by atoms with van der Waals surface area (Å²) in [4.78, 5) is 58.0. The molecule has 1 saturated heterocycles. The number of amides is 1. The second-order valence-corrected chi connectivity index (χ2v) is 8.68. The minimum absolute atomic E-state index is 0.206. The van der Waals surface area contributed by atoms with Crippen LogP contribution in [0.2, 0.25) is 0 Å². The molecule has 1 aliphatic heterocycles. The van der Waals surface area contributed by atoms with Gasteiger partial charge in [-0.25, -0.2) is 19.2 Å². The average Bonchev–Trinajstić information content (AvgIpc) is 3.07. The molecule has 0 spiro atoms. The Morgan fingerprint density at radius 3 is 1.94 bits per heavy atom. The number of likely N-dealkylation sites (tertiary alicyclic amines) is 1. The summed E-state index contributed by atoms with van der Waals surface area (Å²) in [6, 6.07) is 0.665. The summed E-state index contributed by atoms with van der Waals surface area (Å²) in [6.45, 7) is 10.0. The van der Waals surface area contributed by atoms with Crippen molar-refractivity contribution in [2.45, 2.75) is 66.0 Å². The normalized spacial score (nSPS) is 17.7. The number of carboxylic acid groups (broad SMARTS) is 2. The lowest BCUT2D eigenvalue weighted by molar-refractivity contribution is -0.159. The van der Waals surface area contributed by atoms with Crippen molar-refractivity contribution in [3.8, 4) is 0 Å². The third-order valence-electron chi connectivity index (χ3n) is 5.23. The maximum atomic E-state index is 12.7. The molecule has 0 bridgehead atoms. The highest BCUT2D eigenvalue weighted by atomic mass is 32.1. The molecule has 1 aromatic rings. The predicted molar refractivity (Wildman–Crippen MR) is 124 cm³/mol. The van der Waals surface area contributed by atoms with Crippen molar-refractivity contribution in [1.29, 1.82) is 0 Å². The summed E-state index contributed by atoms with van der Waals surface area (Å²) in [6.07, 6.45) is 3.30. The molecule has 190 valence electrons. The van der Waals surface area contributed by atoms with Gasteiger partial charge in [0, 0.05) is 12.1 Å². The van der Waals surface area contributed by atoms with Crippen LogP contribution in [0.1, 0.15) is 72.6 Å². The number of carboxylic acids is 2. The number of anilines is 1. The van der Waals surface area contributed by atoms with Crippen LogP contribution in [0, 0.1) is 6.92 Å². The van der Waals surface area contributed by atoms with Gasteiger partial charge in [-0.1, -0.05) is 6.42 Å². The van der Waals surface area contributed by atoms with Gasteiger partial charge in [0.05, 0.1) is 25.3 Å². The summed E-state index contributed by atoms with van der Waals surface area (Å²) in [5.41, 5.74) is 0.694. The van der Waals surface area contributed by atoms with E-state index < -0.39 is 23.9 Å². The lowest BCUT2D eigenvalue weighted by atomic mass is 9.97. The number of esters is 2. The van der Waals surface area contributed by atoms with E-state index >= 15 is 0 Å². The number of nitrogens with one attached hydrogen (secondary N) is 1. The maximum Gasteiger partial charge on any atom is 0.414 e. The van der Waals surface area contributed by atoms with Crippen LogP contribution in [0.25, 0.3) is 0 Å². The molecule has 34 heavy (non-hydrogen) atoms. The number of hydrogen-bond donors (Lipinski definition) is 3. The number of rotatable bonds is 7. The van der Waals surface area contributed by atoms with Gasteiger partial charge in [0.25, 0.3) is 0 Å². The number of hydrogen-bond acceptors (Lipinski definition) is 9. The summed E-state index contributed by atoms with van der Waals surface area (Å²) in [7, 11) is 0. The molecule has 12 heteroatoms. The standard InChI is InChI=1S/C20H30N2O5S.C2H2O4/c1-6-26-19(24)16-14(5)17(20(25)27-7-2)28-18(16)21-15(23)11-22-12(3)9-8-10-13(22)4;3-1(4)2(5)6/h12-13H,6-11H2,1-5H3,(H,21,23);(H,3,4)(H,5,6).